The predicted octanol–water partition coefficient (Wildman–Crippen LogP) is 4.12. The fraction of sp³-hybridized carbons (Fsp3) is 0.524. The van der Waals surface area contributed by atoms with Crippen LogP contribution in [0.4, 0.5) is 0 Å². The molecule has 0 aromatic heterocycles. The summed E-state index contributed by atoms with van der Waals surface area (Å²) in [5, 5.41) is 9.86. The molecule has 27 heavy (non-hydrogen) atoms. The highest BCUT2D eigenvalue weighted by Gasteiger charge is 2.59. The maximum absolute atomic E-state index is 13.2. The van der Waals surface area contributed by atoms with Crippen LogP contribution in [0.15, 0.2) is 36.4 Å². The van der Waals surface area contributed by atoms with E-state index in [0.717, 1.165) is 5.56 Å². The average molecular weight is 388 g/mol. The Hall–Kier alpha value is -1.92. The zero-order valence-electron chi connectivity index (χ0n) is 16.8. The standard InChI is InChI=1S/C21H29NO4Si/c1-20(2,3)27(4,5)26-21-14-16(15-10-7-6-8-11-15)18(23)22(21)13-9-12-17(21)19(24)25/h6-8,10-11,14,17H,9,12-13H2,1-5H3,(H,24,25)/t17-,21-/m0/s1. The number of aliphatic carboxylic acids is 1. The lowest BCUT2D eigenvalue weighted by Gasteiger charge is -2.51. The molecule has 2 atom stereocenters. The lowest BCUT2D eigenvalue weighted by atomic mass is 9.86. The molecule has 0 spiro atoms. The summed E-state index contributed by atoms with van der Waals surface area (Å²) in [6.07, 6.45) is 2.97. The van der Waals surface area contributed by atoms with Gasteiger partial charge >= 0.3 is 5.97 Å². The number of benzene rings is 1. The zero-order valence-corrected chi connectivity index (χ0v) is 17.8. The third kappa shape index (κ3) is 3.25. The van der Waals surface area contributed by atoms with Crippen LogP contribution in [-0.4, -0.2) is 42.5 Å². The van der Waals surface area contributed by atoms with E-state index in [1.54, 1.807) is 11.0 Å². The van der Waals surface area contributed by atoms with Gasteiger partial charge in [-0.2, -0.15) is 0 Å². The first-order valence-electron chi connectivity index (χ1n) is 9.53. The molecule has 0 aliphatic carbocycles. The third-order valence-electron chi connectivity index (χ3n) is 6.23. The summed E-state index contributed by atoms with van der Waals surface area (Å²) < 4.78 is 6.74. The Labute approximate surface area is 162 Å². The minimum absolute atomic E-state index is 0.0969. The van der Waals surface area contributed by atoms with Crippen LogP contribution < -0.4 is 0 Å². The topological polar surface area (TPSA) is 66.8 Å². The first-order valence-corrected chi connectivity index (χ1v) is 12.4. The van der Waals surface area contributed by atoms with Gasteiger partial charge in [0.2, 0.25) is 0 Å². The molecule has 0 bridgehead atoms. The number of nitrogens with zero attached hydrogens (tertiary/aromatic N) is 1. The summed E-state index contributed by atoms with van der Waals surface area (Å²) in [6, 6.07) is 9.45. The van der Waals surface area contributed by atoms with E-state index >= 15 is 0 Å². The van der Waals surface area contributed by atoms with Crippen molar-refractivity contribution >= 4 is 25.8 Å². The van der Waals surface area contributed by atoms with Crippen molar-refractivity contribution < 1.29 is 19.1 Å². The molecule has 1 aromatic rings. The smallest absolute Gasteiger partial charge is 0.311 e. The number of piperidine rings is 1. The molecule has 0 unspecified atom stereocenters. The molecule has 1 N–H and O–H groups in total. The number of hydrogen-bond donors (Lipinski definition) is 1. The van der Waals surface area contributed by atoms with Crippen LogP contribution in [0.5, 0.6) is 0 Å². The molecule has 2 aliphatic rings. The minimum Gasteiger partial charge on any atom is -0.481 e. The van der Waals surface area contributed by atoms with Crippen molar-refractivity contribution in [1.82, 2.24) is 4.90 Å². The monoisotopic (exact) mass is 387 g/mol. The fourth-order valence-corrected chi connectivity index (χ4v) is 5.15. The number of hydrogen-bond acceptors (Lipinski definition) is 3. The summed E-state index contributed by atoms with van der Waals surface area (Å²) in [5.74, 6) is -1.80. The molecule has 5 nitrogen and oxygen atoms in total. The Balaban J connectivity index is 2.16. The van der Waals surface area contributed by atoms with Crippen molar-refractivity contribution in [3.05, 3.63) is 42.0 Å². The lowest BCUT2D eigenvalue weighted by Crippen LogP contribution is -2.63. The van der Waals surface area contributed by atoms with Crippen molar-refractivity contribution in [2.75, 3.05) is 6.54 Å². The molecule has 1 amide bonds. The maximum atomic E-state index is 13.2. The first kappa shape index (κ1) is 19.8. The molecule has 0 saturated carbocycles. The highest BCUT2D eigenvalue weighted by atomic mass is 28.4. The van der Waals surface area contributed by atoms with E-state index in [4.69, 9.17) is 4.43 Å². The van der Waals surface area contributed by atoms with Crippen molar-refractivity contribution in [2.45, 2.75) is 57.5 Å². The van der Waals surface area contributed by atoms with Gasteiger partial charge in [-0.15, -0.1) is 0 Å². The van der Waals surface area contributed by atoms with Crippen LogP contribution in [0.3, 0.4) is 0 Å². The van der Waals surface area contributed by atoms with Gasteiger partial charge in [0.15, 0.2) is 14.0 Å². The van der Waals surface area contributed by atoms with Crippen molar-refractivity contribution in [3.63, 3.8) is 0 Å². The molecule has 0 radical (unpaired) electrons. The highest BCUT2D eigenvalue weighted by Crippen LogP contribution is 2.49. The highest BCUT2D eigenvalue weighted by molar-refractivity contribution is 6.74. The van der Waals surface area contributed by atoms with Gasteiger partial charge in [0.25, 0.3) is 5.91 Å². The van der Waals surface area contributed by atoms with Gasteiger partial charge in [-0.1, -0.05) is 51.1 Å². The van der Waals surface area contributed by atoms with Gasteiger partial charge in [0.05, 0.1) is 0 Å². The number of carbonyl (C=O) groups excluding carboxylic acids is 1. The Morgan fingerprint density at radius 2 is 1.89 bits per heavy atom. The molecule has 1 aromatic carbocycles. The molecule has 1 fully saturated rings. The number of fused-ring (bicyclic) bond motifs is 1. The molecular weight excluding hydrogens is 358 g/mol. The number of carbonyl (C=O) groups is 2. The van der Waals surface area contributed by atoms with Crippen molar-refractivity contribution in [3.8, 4) is 0 Å². The first-order chi connectivity index (χ1) is 12.5. The van der Waals surface area contributed by atoms with E-state index < -0.39 is 25.9 Å². The summed E-state index contributed by atoms with van der Waals surface area (Å²) in [5.41, 5.74) is 0.150. The van der Waals surface area contributed by atoms with Crippen LogP contribution in [0.25, 0.3) is 5.57 Å². The SMILES string of the molecule is CC(C)(C)[Si](C)(C)O[C@]12C=C(c3ccccc3)C(=O)N1CCC[C@H]2C(=O)O. The second-order valence-corrected chi connectivity index (χ2v) is 13.8. The Kier molecular flexibility index (Phi) is 4.85. The van der Waals surface area contributed by atoms with Crippen LogP contribution in [0.2, 0.25) is 18.1 Å². The molecule has 1 saturated heterocycles. The summed E-state index contributed by atoms with van der Waals surface area (Å²) >= 11 is 0. The van der Waals surface area contributed by atoms with Crippen LogP contribution in [0.1, 0.15) is 39.2 Å². The van der Waals surface area contributed by atoms with E-state index in [1.165, 1.54) is 0 Å². The molecule has 3 rings (SSSR count). The fourth-order valence-electron chi connectivity index (χ4n) is 3.72. The predicted molar refractivity (Wildman–Crippen MR) is 108 cm³/mol. The largest absolute Gasteiger partial charge is 0.481 e. The lowest BCUT2D eigenvalue weighted by molar-refractivity contribution is -0.171. The number of amides is 1. The van der Waals surface area contributed by atoms with E-state index in [2.05, 4.69) is 33.9 Å². The molecular formula is C21H29NO4Si. The van der Waals surface area contributed by atoms with Crippen LogP contribution in [-0.2, 0) is 14.0 Å². The summed E-state index contributed by atoms with van der Waals surface area (Å²) in [6.45, 7) is 11.1. The minimum atomic E-state index is -2.34. The Morgan fingerprint density at radius 3 is 2.44 bits per heavy atom. The second kappa shape index (κ2) is 6.60. The van der Waals surface area contributed by atoms with E-state index in [1.807, 2.05) is 30.3 Å². The van der Waals surface area contributed by atoms with Crippen molar-refractivity contribution in [2.24, 2.45) is 5.92 Å². The molecule has 146 valence electrons. The maximum Gasteiger partial charge on any atom is 0.311 e. The molecule has 2 aliphatic heterocycles. The number of carboxylic acids is 1. The second-order valence-electron chi connectivity index (χ2n) is 9.03. The zero-order chi connectivity index (χ0) is 20.0. The summed E-state index contributed by atoms with van der Waals surface area (Å²) in [7, 11) is -2.34. The van der Waals surface area contributed by atoms with E-state index in [9.17, 15) is 14.7 Å². The van der Waals surface area contributed by atoms with Crippen molar-refractivity contribution in [1.29, 1.82) is 0 Å². The van der Waals surface area contributed by atoms with Crippen LogP contribution >= 0.6 is 0 Å². The van der Waals surface area contributed by atoms with E-state index in [0.29, 0.717) is 25.0 Å². The van der Waals surface area contributed by atoms with Gasteiger partial charge in [0, 0.05) is 12.1 Å². The van der Waals surface area contributed by atoms with Gasteiger partial charge < -0.3 is 14.4 Å². The third-order valence-corrected chi connectivity index (χ3v) is 10.7. The molecule has 2 heterocycles. The average Bonchev–Trinajstić information content (AvgIpc) is 2.86. The quantitative estimate of drug-likeness (QED) is 0.789. The number of rotatable bonds is 4. The van der Waals surface area contributed by atoms with Gasteiger partial charge in [-0.25, -0.2) is 0 Å². The van der Waals surface area contributed by atoms with Gasteiger partial charge in [0.1, 0.15) is 5.92 Å². The van der Waals surface area contributed by atoms with E-state index in [-0.39, 0.29) is 10.9 Å². The van der Waals surface area contributed by atoms with Crippen LogP contribution in [0, 0.1) is 5.92 Å². The number of carboxylic acid groups (broad SMARTS) is 1. The van der Waals surface area contributed by atoms with Gasteiger partial charge in [-0.05, 0) is 42.6 Å². The Bertz CT molecular complexity index is 781. The Morgan fingerprint density at radius 1 is 1.26 bits per heavy atom. The molecule has 6 heteroatoms. The van der Waals surface area contributed by atoms with Gasteiger partial charge in [-0.3, -0.25) is 9.59 Å². The summed E-state index contributed by atoms with van der Waals surface area (Å²) in [4.78, 5) is 27.1. The normalized spacial score (nSPS) is 26.0.